The minimum atomic E-state index is -1.72. The van der Waals surface area contributed by atoms with Crippen LogP contribution in [-0.2, 0) is 90.5 Å². The highest BCUT2D eigenvalue weighted by Gasteiger charge is 2.75. The Morgan fingerprint density at radius 2 is 1.19 bits per heavy atom. The topological polar surface area (TPSA) is 258 Å². The number of hydrogen-bond donors (Lipinski definition) is 1. The highest BCUT2D eigenvalue weighted by Crippen LogP contribution is 2.75. The summed E-state index contributed by atoms with van der Waals surface area (Å²) in [5.41, 5.74) is -2.60. The molecule has 0 bridgehead atoms. The van der Waals surface area contributed by atoms with Gasteiger partial charge in [0.05, 0.1) is 23.9 Å². The van der Waals surface area contributed by atoms with Crippen molar-refractivity contribution in [3.63, 3.8) is 0 Å². The van der Waals surface area contributed by atoms with Crippen LogP contribution in [-0.4, -0.2) is 144 Å². The summed E-state index contributed by atoms with van der Waals surface area (Å²) in [5, 5.41) is 12.3. The number of rotatable bonds is 12. The first-order valence-electron chi connectivity index (χ1n) is 25.7. The van der Waals surface area contributed by atoms with Gasteiger partial charge in [-0.1, -0.05) is 44.1 Å². The molecule has 412 valence electrons. The lowest BCUT2D eigenvalue weighted by Gasteiger charge is -2.65. The van der Waals surface area contributed by atoms with E-state index in [1.165, 1.54) is 6.92 Å². The molecule has 74 heavy (non-hydrogen) atoms. The Hall–Kier alpha value is -4.60. The Labute approximate surface area is 432 Å². The van der Waals surface area contributed by atoms with Crippen molar-refractivity contribution in [3.05, 3.63) is 23.3 Å². The Morgan fingerprint density at radius 3 is 1.73 bits per heavy atom. The van der Waals surface area contributed by atoms with E-state index in [4.69, 9.17) is 52.1 Å². The van der Waals surface area contributed by atoms with Crippen LogP contribution in [0.25, 0.3) is 0 Å². The molecule has 3 saturated heterocycles. The van der Waals surface area contributed by atoms with Gasteiger partial charge in [0, 0.05) is 71.1 Å². The number of ketones is 2. The van der Waals surface area contributed by atoms with E-state index < -0.39 is 143 Å². The van der Waals surface area contributed by atoms with Crippen molar-refractivity contribution in [3.8, 4) is 0 Å². The Morgan fingerprint density at radius 1 is 0.662 bits per heavy atom. The molecule has 20 atom stereocenters. The van der Waals surface area contributed by atoms with Crippen LogP contribution in [0.2, 0.25) is 0 Å². The zero-order valence-corrected chi connectivity index (χ0v) is 45.3. The van der Waals surface area contributed by atoms with Gasteiger partial charge < -0.3 is 57.2 Å². The number of aliphatic hydroxyl groups is 1. The molecule has 7 rings (SSSR count). The first kappa shape index (κ1) is 57.1. The summed E-state index contributed by atoms with van der Waals surface area (Å²) in [5.74, 6) is -6.49. The molecule has 20 heteroatoms. The molecule has 0 aromatic carbocycles. The number of Topliss-reactive ketones (excluding diaryl/α,β-unsaturated/α-hetero) is 2. The standard InChI is InChI=1S/C54H76O20/c1-24(2)18-32-20-53(14,63)46-36(71-32)21-51(12)38-17-16-33-34(54(38,15)39(61)22-52(46,51)13)19-35(47(62)50(33,10)11)72-49-45(70-31(9)60)43(68-29(7)58)41(37(73-49)23-64-26(4)55)74-48-44(69-30(8)59)42(67-28(6)57)40(25(3)65-48)66-27(5)56/h16,18,25,32,34-38,40-46,48-49,63H,17,19-23H2,1-15H3/t25-,32-,34-,35-,36+,37+,38-,40-,41+,42+,43-,44+,45+,46-,48-,49-,51-,52+,53-,54-/m0/s1. The number of esters is 6. The average Bonchev–Trinajstić information content (AvgIpc) is 3.48. The van der Waals surface area contributed by atoms with Crippen LogP contribution < -0.4 is 0 Å². The third-order valence-corrected chi connectivity index (χ3v) is 17.4. The Balaban J connectivity index is 1.25. The Bertz CT molecular complexity index is 2330. The summed E-state index contributed by atoms with van der Waals surface area (Å²) in [6, 6.07) is 0. The summed E-state index contributed by atoms with van der Waals surface area (Å²) in [6.45, 7) is 23.2. The maximum Gasteiger partial charge on any atom is 0.303 e. The number of carbonyl (C=O) groups excluding carboxylic acids is 8. The molecule has 0 aromatic rings. The van der Waals surface area contributed by atoms with Crippen LogP contribution >= 0.6 is 0 Å². The van der Waals surface area contributed by atoms with Gasteiger partial charge in [-0.05, 0) is 83.5 Å². The predicted molar refractivity (Wildman–Crippen MR) is 256 cm³/mol. The zero-order valence-electron chi connectivity index (χ0n) is 45.3. The summed E-state index contributed by atoms with van der Waals surface area (Å²) in [7, 11) is 0. The first-order valence-corrected chi connectivity index (χ1v) is 25.7. The second-order valence-corrected chi connectivity index (χ2v) is 23.3. The van der Waals surface area contributed by atoms with E-state index in [0.717, 1.165) is 52.7 Å². The maximum atomic E-state index is 15.4. The van der Waals surface area contributed by atoms with E-state index in [9.17, 15) is 38.7 Å². The molecule has 3 heterocycles. The molecule has 7 aliphatic rings. The summed E-state index contributed by atoms with van der Waals surface area (Å²) in [4.78, 5) is 106. The molecule has 20 nitrogen and oxygen atoms in total. The Kier molecular flexibility index (Phi) is 16.0. The molecule has 3 saturated carbocycles. The molecular formula is C54H76O20. The van der Waals surface area contributed by atoms with Crippen molar-refractivity contribution < 1.29 is 95.6 Å². The molecule has 1 N–H and O–H groups in total. The average molecular weight is 1050 g/mol. The predicted octanol–water partition coefficient (Wildman–Crippen LogP) is 4.90. The minimum absolute atomic E-state index is 0.00167. The van der Waals surface area contributed by atoms with E-state index in [2.05, 4.69) is 19.9 Å². The fourth-order valence-electron chi connectivity index (χ4n) is 14.5. The van der Waals surface area contributed by atoms with Gasteiger partial charge in [-0.25, -0.2) is 0 Å². The van der Waals surface area contributed by atoms with Crippen LogP contribution in [0.4, 0.5) is 0 Å². The lowest BCUT2D eigenvalue weighted by atomic mass is 9.38. The van der Waals surface area contributed by atoms with Crippen LogP contribution in [0, 0.1) is 39.4 Å². The van der Waals surface area contributed by atoms with Crippen LogP contribution in [0.3, 0.4) is 0 Å². The van der Waals surface area contributed by atoms with Crippen molar-refractivity contribution in [2.75, 3.05) is 6.61 Å². The second kappa shape index (κ2) is 20.7. The van der Waals surface area contributed by atoms with Crippen molar-refractivity contribution in [2.45, 2.75) is 221 Å². The zero-order chi connectivity index (χ0) is 54.9. The van der Waals surface area contributed by atoms with Gasteiger partial charge in [0.1, 0.15) is 30.7 Å². The third-order valence-electron chi connectivity index (χ3n) is 17.4. The van der Waals surface area contributed by atoms with Crippen molar-refractivity contribution in [1.82, 2.24) is 0 Å². The number of allylic oxidation sites excluding steroid dienone is 3. The molecule has 0 aromatic heterocycles. The summed E-state index contributed by atoms with van der Waals surface area (Å²) >= 11 is 0. The van der Waals surface area contributed by atoms with Crippen LogP contribution in [0.1, 0.15) is 136 Å². The molecule has 6 fully saturated rings. The van der Waals surface area contributed by atoms with E-state index in [1.54, 1.807) is 13.8 Å². The van der Waals surface area contributed by atoms with Gasteiger partial charge in [-0.3, -0.25) is 38.4 Å². The lowest BCUT2D eigenvalue weighted by molar-refractivity contribution is -0.361. The summed E-state index contributed by atoms with van der Waals surface area (Å²) in [6.07, 6.45) is -11.6. The van der Waals surface area contributed by atoms with E-state index in [0.29, 0.717) is 19.3 Å². The molecule has 0 spiro atoms. The van der Waals surface area contributed by atoms with Gasteiger partial charge in [0.2, 0.25) is 0 Å². The molecule has 0 amide bonds. The molecular weight excluding hydrogens is 969 g/mol. The highest BCUT2D eigenvalue weighted by atomic mass is 16.8. The first-order chi connectivity index (χ1) is 34.3. The van der Waals surface area contributed by atoms with Crippen LogP contribution in [0.5, 0.6) is 0 Å². The number of fused-ring (bicyclic) bond motifs is 7. The van der Waals surface area contributed by atoms with Gasteiger partial charge in [-0.2, -0.15) is 0 Å². The van der Waals surface area contributed by atoms with Gasteiger partial charge in [-0.15, -0.1) is 0 Å². The van der Waals surface area contributed by atoms with Gasteiger partial charge >= 0.3 is 35.8 Å². The van der Waals surface area contributed by atoms with E-state index in [-0.39, 0.29) is 48.5 Å². The van der Waals surface area contributed by atoms with E-state index >= 15 is 4.79 Å². The van der Waals surface area contributed by atoms with Gasteiger partial charge in [0.25, 0.3) is 0 Å². The molecule has 4 aliphatic carbocycles. The largest absolute Gasteiger partial charge is 0.463 e. The maximum absolute atomic E-state index is 15.4. The normalized spacial score (nSPS) is 43.1. The lowest BCUT2D eigenvalue weighted by Crippen LogP contribution is -2.67. The minimum Gasteiger partial charge on any atom is -0.463 e. The number of ether oxygens (including phenoxy) is 11. The van der Waals surface area contributed by atoms with Crippen molar-refractivity contribution >= 4 is 47.4 Å². The number of hydrogen-bond acceptors (Lipinski definition) is 20. The van der Waals surface area contributed by atoms with Gasteiger partial charge in [0.15, 0.2) is 48.9 Å². The summed E-state index contributed by atoms with van der Waals surface area (Å²) < 4.78 is 66.6. The van der Waals surface area contributed by atoms with E-state index in [1.807, 2.05) is 33.8 Å². The molecule has 0 unspecified atom stereocenters. The SMILES string of the molecule is CC(=O)OC[C@H]1O[C@H](O[C@H]2C[C@H]3C(=CC[C@@H]4[C@@]3(C)C(=O)C[C@]3(C)[C@@H]5[C@@H](C[C@@]43C)O[C@@H](C=C(C)C)C[C@]5(C)O)C(C)(C)C2=O)[C@H](OC(C)=O)[C@@H](OC(C)=O)[C@@H]1O[C@@H]1O[C@@H](C)[C@H](OC(C)=O)[C@@H](OC(C)=O)[C@H]1OC(C)=O. The third kappa shape index (κ3) is 10.4. The van der Waals surface area contributed by atoms with Crippen molar-refractivity contribution in [2.24, 2.45) is 39.4 Å². The second-order valence-electron chi connectivity index (χ2n) is 23.3. The quantitative estimate of drug-likeness (QED) is 0.155. The fourth-order valence-corrected chi connectivity index (χ4v) is 14.5. The smallest absolute Gasteiger partial charge is 0.303 e. The molecule has 3 aliphatic heterocycles. The monoisotopic (exact) mass is 1040 g/mol. The highest BCUT2D eigenvalue weighted by molar-refractivity contribution is 5.95. The van der Waals surface area contributed by atoms with Crippen molar-refractivity contribution in [1.29, 1.82) is 0 Å². The fraction of sp³-hybridized carbons (Fsp3) is 0.778. The number of carbonyl (C=O) groups is 8. The van der Waals surface area contributed by atoms with Crippen LogP contribution in [0.15, 0.2) is 23.3 Å². The molecule has 0 radical (unpaired) electrons.